The van der Waals surface area contributed by atoms with Crippen molar-refractivity contribution in [3.63, 3.8) is 0 Å². The SMILES string of the molecule is COc1ccc(NC(=O)CSC2=C(C#N)C(c3cccc(Br)c3)CC(=O)N2)cc1. The Morgan fingerprint density at radius 2 is 2.10 bits per heavy atom. The number of ether oxygens (including phenoxy) is 1. The Balaban J connectivity index is 1.72. The highest BCUT2D eigenvalue weighted by Crippen LogP contribution is 2.36. The number of carbonyl (C=O) groups is 2. The molecular formula is C21H18BrN3O3S. The van der Waals surface area contributed by atoms with Gasteiger partial charge in [-0.15, -0.1) is 0 Å². The quantitative estimate of drug-likeness (QED) is 0.659. The number of rotatable bonds is 6. The number of anilines is 1. The Kier molecular flexibility index (Phi) is 6.96. The summed E-state index contributed by atoms with van der Waals surface area (Å²) in [6.07, 6.45) is 0.196. The number of halogens is 1. The summed E-state index contributed by atoms with van der Waals surface area (Å²) < 4.78 is 5.97. The molecule has 2 amide bonds. The lowest BCUT2D eigenvalue weighted by Crippen LogP contribution is -2.31. The average molecular weight is 472 g/mol. The molecule has 3 rings (SSSR count). The largest absolute Gasteiger partial charge is 0.497 e. The van der Waals surface area contributed by atoms with Crippen molar-refractivity contribution in [2.75, 3.05) is 18.2 Å². The van der Waals surface area contributed by atoms with E-state index in [2.05, 4.69) is 32.6 Å². The van der Waals surface area contributed by atoms with Gasteiger partial charge >= 0.3 is 0 Å². The van der Waals surface area contributed by atoms with Gasteiger partial charge in [-0.2, -0.15) is 5.26 Å². The van der Waals surface area contributed by atoms with Crippen LogP contribution in [0.15, 0.2) is 63.6 Å². The van der Waals surface area contributed by atoms with Gasteiger partial charge in [0.15, 0.2) is 0 Å². The third-order valence-electron chi connectivity index (χ3n) is 4.33. The Bertz CT molecular complexity index is 999. The maximum Gasteiger partial charge on any atom is 0.234 e. The van der Waals surface area contributed by atoms with E-state index in [1.165, 1.54) is 0 Å². The first-order valence-electron chi connectivity index (χ1n) is 8.76. The van der Waals surface area contributed by atoms with Crippen molar-refractivity contribution in [3.8, 4) is 11.8 Å². The first-order valence-corrected chi connectivity index (χ1v) is 10.5. The lowest BCUT2D eigenvalue weighted by molar-refractivity contribution is -0.121. The van der Waals surface area contributed by atoms with Gasteiger partial charge in [-0.05, 0) is 42.0 Å². The molecule has 0 fully saturated rings. The van der Waals surface area contributed by atoms with Crippen molar-refractivity contribution in [1.29, 1.82) is 5.26 Å². The van der Waals surface area contributed by atoms with Crippen LogP contribution in [0.5, 0.6) is 5.75 Å². The van der Waals surface area contributed by atoms with Crippen LogP contribution in [-0.4, -0.2) is 24.7 Å². The van der Waals surface area contributed by atoms with Crippen LogP contribution in [0.2, 0.25) is 0 Å². The number of carbonyl (C=O) groups excluding carboxylic acids is 2. The highest BCUT2D eigenvalue weighted by atomic mass is 79.9. The first kappa shape index (κ1) is 21.0. The van der Waals surface area contributed by atoms with E-state index < -0.39 is 0 Å². The summed E-state index contributed by atoms with van der Waals surface area (Å²) in [5.41, 5.74) is 1.99. The molecule has 6 nitrogen and oxygen atoms in total. The van der Waals surface area contributed by atoms with Crippen LogP contribution in [0.1, 0.15) is 17.9 Å². The number of nitrogens with zero attached hydrogens (tertiary/aromatic N) is 1. The first-order chi connectivity index (χ1) is 14.0. The molecule has 0 aliphatic carbocycles. The molecule has 2 aromatic carbocycles. The number of hydrogen-bond acceptors (Lipinski definition) is 5. The number of methoxy groups -OCH3 is 1. The Morgan fingerprint density at radius 3 is 2.76 bits per heavy atom. The molecule has 2 N–H and O–H groups in total. The summed E-state index contributed by atoms with van der Waals surface area (Å²) in [6.45, 7) is 0. The monoisotopic (exact) mass is 471 g/mol. The van der Waals surface area contributed by atoms with Gasteiger partial charge < -0.3 is 15.4 Å². The number of benzene rings is 2. The number of hydrogen-bond donors (Lipinski definition) is 2. The maximum absolute atomic E-state index is 12.3. The third-order valence-corrected chi connectivity index (χ3v) is 5.84. The molecule has 0 spiro atoms. The minimum atomic E-state index is -0.335. The van der Waals surface area contributed by atoms with Crippen LogP contribution in [0.4, 0.5) is 5.69 Å². The molecule has 0 saturated heterocycles. The van der Waals surface area contributed by atoms with Crippen molar-refractivity contribution in [1.82, 2.24) is 5.32 Å². The Hall–Kier alpha value is -2.76. The van der Waals surface area contributed by atoms with Gasteiger partial charge in [0.1, 0.15) is 5.75 Å². The predicted octanol–water partition coefficient (Wildman–Crippen LogP) is 4.17. The lowest BCUT2D eigenvalue weighted by Gasteiger charge is -2.25. The molecule has 1 atom stereocenters. The van der Waals surface area contributed by atoms with Crippen molar-refractivity contribution in [3.05, 3.63) is 69.2 Å². The summed E-state index contributed by atoms with van der Waals surface area (Å²) in [5, 5.41) is 15.7. The van der Waals surface area contributed by atoms with E-state index in [1.54, 1.807) is 31.4 Å². The van der Waals surface area contributed by atoms with E-state index >= 15 is 0 Å². The second-order valence-electron chi connectivity index (χ2n) is 6.28. The molecular weight excluding hydrogens is 454 g/mol. The van der Waals surface area contributed by atoms with E-state index in [0.29, 0.717) is 22.0 Å². The summed E-state index contributed by atoms with van der Waals surface area (Å²) in [4.78, 5) is 24.5. The molecule has 0 radical (unpaired) electrons. The van der Waals surface area contributed by atoms with Crippen molar-refractivity contribution < 1.29 is 14.3 Å². The number of allylic oxidation sites excluding steroid dienone is 1. The second kappa shape index (κ2) is 9.63. The lowest BCUT2D eigenvalue weighted by atomic mass is 9.87. The molecule has 0 aromatic heterocycles. The fourth-order valence-electron chi connectivity index (χ4n) is 2.95. The third kappa shape index (κ3) is 5.40. The van der Waals surface area contributed by atoms with Gasteiger partial charge in [0.2, 0.25) is 11.8 Å². The fourth-order valence-corrected chi connectivity index (χ4v) is 4.24. The Labute approximate surface area is 181 Å². The zero-order valence-corrected chi connectivity index (χ0v) is 18.0. The molecule has 1 heterocycles. The van der Waals surface area contributed by atoms with E-state index in [1.807, 2.05) is 24.3 Å². The second-order valence-corrected chi connectivity index (χ2v) is 8.18. The molecule has 2 aromatic rings. The molecule has 1 aliphatic heterocycles. The average Bonchev–Trinajstić information content (AvgIpc) is 2.72. The Morgan fingerprint density at radius 1 is 1.34 bits per heavy atom. The van der Waals surface area contributed by atoms with Crippen LogP contribution >= 0.6 is 27.7 Å². The summed E-state index contributed by atoms with van der Waals surface area (Å²) in [7, 11) is 1.57. The van der Waals surface area contributed by atoms with Crippen LogP contribution < -0.4 is 15.4 Å². The zero-order chi connectivity index (χ0) is 20.8. The minimum absolute atomic E-state index is 0.0675. The molecule has 8 heteroatoms. The van der Waals surface area contributed by atoms with E-state index in [0.717, 1.165) is 21.8 Å². The summed E-state index contributed by atoms with van der Waals surface area (Å²) in [5.74, 6) is 0.0248. The van der Waals surface area contributed by atoms with Gasteiger partial charge in [0.05, 0.1) is 29.5 Å². The minimum Gasteiger partial charge on any atom is -0.497 e. The predicted molar refractivity (Wildman–Crippen MR) is 116 cm³/mol. The highest BCUT2D eigenvalue weighted by Gasteiger charge is 2.30. The maximum atomic E-state index is 12.3. The molecule has 0 saturated carbocycles. The van der Waals surface area contributed by atoms with Gasteiger partial charge in [-0.3, -0.25) is 9.59 Å². The van der Waals surface area contributed by atoms with Gasteiger partial charge in [0, 0.05) is 22.5 Å². The number of nitriles is 1. The van der Waals surface area contributed by atoms with Gasteiger partial charge in [-0.1, -0.05) is 39.8 Å². The van der Waals surface area contributed by atoms with E-state index in [4.69, 9.17) is 4.74 Å². The number of nitrogens with one attached hydrogen (secondary N) is 2. The molecule has 29 heavy (non-hydrogen) atoms. The van der Waals surface area contributed by atoms with Crippen LogP contribution in [0.25, 0.3) is 0 Å². The van der Waals surface area contributed by atoms with E-state index in [-0.39, 0.29) is 29.9 Å². The van der Waals surface area contributed by atoms with E-state index in [9.17, 15) is 14.9 Å². The topological polar surface area (TPSA) is 91.2 Å². The molecule has 148 valence electrons. The van der Waals surface area contributed by atoms with Gasteiger partial charge in [0.25, 0.3) is 0 Å². The fraction of sp³-hybridized carbons (Fsp3) is 0.190. The van der Waals surface area contributed by atoms with Gasteiger partial charge in [-0.25, -0.2) is 0 Å². The van der Waals surface area contributed by atoms with Crippen molar-refractivity contribution >= 4 is 45.2 Å². The molecule has 1 unspecified atom stereocenters. The summed E-state index contributed by atoms with van der Waals surface area (Å²) >= 11 is 4.57. The standard InChI is InChI=1S/C21H18BrN3O3S/c1-28-16-7-5-15(6-8-16)24-20(27)12-29-21-18(11-23)17(10-19(26)25-21)13-3-2-4-14(22)9-13/h2-9,17H,10,12H2,1H3,(H,24,27)(H,25,26). The van der Waals surface area contributed by atoms with Crippen LogP contribution in [0.3, 0.4) is 0 Å². The number of thioether (sulfide) groups is 1. The van der Waals surface area contributed by atoms with Crippen molar-refractivity contribution in [2.45, 2.75) is 12.3 Å². The van der Waals surface area contributed by atoms with Crippen LogP contribution in [0, 0.1) is 11.3 Å². The zero-order valence-electron chi connectivity index (χ0n) is 15.6. The van der Waals surface area contributed by atoms with Crippen LogP contribution in [-0.2, 0) is 9.59 Å². The normalized spacial score (nSPS) is 16.0. The highest BCUT2D eigenvalue weighted by molar-refractivity contribution is 9.10. The smallest absolute Gasteiger partial charge is 0.234 e. The summed E-state index contributed by atoms with van der Waals surface area (Å²) in [6, 6.07) is 16.8. The molecule has 0 bridgehead atoms. The van der Waals surface area contributed by atoms with Crippen molar-refractivity contribution in [2.24, 2.45) is 0 Å². The number of amides is 2. The molecule has 1 aliphatic rings.